The van der Waals surface area contributed by atoms with E-state index in [2.05, 4.69) is 10.6 Å². The maximum absolute atomic E-state index is 14.5. The molecule has 0 aromatic heterocycles. The highest BCUT2D eigenvalue weighted by atomic mass is 19.1. The van der Waals surface area contributed by atoms with Crippen LogP contribution in [0.5, 0.6) is 11.5 Å². The monoisotopic (exact) mass is 431 g/mol. The van der Waals surface area contributed by atoms with Gasteiger partial charge in [-0.1, -0.05) is 19.9 Å². The van der Waals surface area contributed by atoms with Gasteiger partial charge in [-0.05, 0) is 62.6 Å². The molecule has 0 atom stereocenters. The van der Waals surface area contributed by atoms with Crippen LogP contribution in [0.2, 0.25) is 0 Å². The minimum atomic E-state index is -0.932. The van der Waals surface area contributed by atoms with Gasteiger partial charge in [0.05, 0.1) is 0 Å². The maximum Gasteiger partial charge on any atom is 0.405 e. The van der Waals surface area contributed by atoms with Crippen molar-refractivity contribution in [1.82, 2.24) is 5.32 Å². The van der Waals surface area contributed by atoms with Crippen LogP contribution in [0.4, 0.5) is 19.7 Å². The van der Waals surface area contributed by atoms with Crippen LogP contribution in [-0.2, 0) is 11.2 Å². The van der Waals surface area contributed by atoms with Gasteiger partial charge in [-0.15, -0.1) is 0 Å². The molecule has 4 N–H and O–H groups in total. The summed E-state index contributed by atoms with van der Waals surface area (Å²) in [6.07, 6.45) is 0.987. The average Bonchev–Trinajstić information content (AvgIpc) is 2.68. The summed E-state index contributed by atoms with van der Waals surface area (Å²) in [5.41, 5.74) is 5.11. The lowest BCUT2D eigenvalue weighted by Crippen LogP contribution is -2.37. The first-order valence-electron chi connectivity index (χ1n) is 10.2. The molecule has 0 heterocycles. The van der Waals surface area contributed by atoms with Crippen molar-refractivity contribution in [2.45, 2.75) is 58.6 Å². The second-order valence-corrected chi connectivity index (χ2v) is 7.85. The minimum Gasteiger partial charge on any atom is -0.457 e. The Labute approximate surface area is 182 Å². The summed E-state index contributed by atoms with van der Waals surface area (Å²) in [6, 6.07) is 11.1. The number of hydrogen-bond acceptors (Lipinski definition) is 4. The first kappa shape index (κ1) is 24.0. The topological polar surface area (TPSA) is 103 Å². The summed E-state index contributed by atoms with van der Waals surface area (Å²) in [7, 11) is 0. The van der Waals surface area contributed by atoms with Crippen molar-refractivity contribution in [3.05, 3.63) is 53.8 Å². The van der Waals surface area contributed by atoms with Gasteiger partial charge in [0.1, 0.15) is 22.9 Å². The van der Waals surface area contributed by atoms with Crippen molar-refractivity contribution in [1.29, 1.82) is 0 Å². The van der Waals surface area contributed by atoms with Crippen LogP contribution in [0, 0.1) is 5.82 Å². The Morgan fingerprint density at radius 2 is 1.68 bits per heavy atom. The number of rotatable bonds is 9. The Morgan fingerprint density at radius 3 is 2.23 bits per heavy atom. The predicted octanol–water partition coefficient (Wildman–Crippen LogP) is 5.34. The van der Waals surface area contributed by atoms with Gasteiger partial charge in [-0.25, -0.2) is 14.0 Å². The van der Waals surface area contributed by atoms with Gasteiger partial charge < -0.3 is 25.8 Å². The molecular weight excluding hydrogens is 401 g/mol. The minimum absolute atomic E-state index is 0.133. The van der Waals surface area contributed by atoms with E-state index in [1.807, 2.05) is 13.8 Å². The summed E-state index contributed by atoms with van der Waals surface area (Å²) in [4.78, 5) is 23.0. The standard InChI is InChI=1S/C23H30FN3O4/c1-5-16(6-2)26-22(29)27-17-8-11-18(12-9-17)30-19-10-7-15(20(24)13-19)14-23(3,4)31-21(25)28/h7-13,16H,5-6,14H2,1-4H3,(H2,25,28)(H2,26,27,29). The van der Waals surface area contributed by atoms with Gasteiger partial charge in [0.15, 0.2) is 0 Å². The van der Waals surface area contributed by atoms with E-state index in [4.69, 9.17) is 15.2 Å². The van der Waals surface area contributed by atoms with Crippen LogP contribution in [-0.4, -0.2) is 23.8 Å². The Hall–Kier alpha value is -3.29. The van der Waals surface area contributed by atoms with Crippen molar-refractivity contribution in [2.24, 2.45) is 5.73 Å². The Morgan fingerprint density at radius 1 is 1.06 bits per heavy atom. The third-order valence-electron chi connectivity index (χ3n) is 4.69. The fraction of sp³-hybridized carbons (Fsp3) is 0.391. The van der Waals surface area contributed by atoms with Gasteiger partial charge in [-0.2, -0.15) is 0 Å². The fourth-order valence-electron chi connectivity index (χ4n) is 3.09. The van der Waals surface area contributed by atoms with Gasteiger partial charge in [-0.3, -0.25) is 0 Å². The average molecular weight is 432 g/mol. The largest absolute Gasteiger partial charge is 0.457 e. The van der Waals surface area contributed by atoms with Crippen LogP contribution >= 0.6 is 0 Å². The number of hydrogen-bond donors (Lipinski definition) is 3. The first-order chi connectivity index (χ1) is 14.6. The van der Waals surface area contributed by atoms with E-state index in [1.165, 1.54) is 6.07 Å². The van der Waals surface area contributed by atoms with Crippen molar-refractivity contribution in [3.8, 4) is 11.5 Å². The Balaban J connectivity index is 1.98. The number of carbonyl (C=O) groups is 2. The van der Waals surface area contributed by atoms with E-state index in [0.29, 0.717) is 22.7 Å². The molecule has 0 aliphatic rings. The number of amides is 3. The van der Waals surface area contributed by atoms with Gasteiger partial charge in [0.25, 0.3) is 0 Å². The molecule has 0 saturated heterocycles. The predicted molar refractivity (Wildman–Crippen MR) is 118 cm³/mol. The highest BCUT2D eigenvalue weighted by Crippen LogP contribution is 2.27. The zero-order valence-corrected chi connectivity index (χ0v) is 18.3. The summed E-state index contributed by atoms with van der Waals surface area (Å²) in [5, 5.41) is 5.67. The Bertz CT molecular complexity index is 896. The molecule has 0 saturated carbocycles. The number of primary amides is 1. The molecule has 31 heavy (non-hydrogen) atoms. The summed E-state index contributed by atoms with van der Waals surface area (Å²) in [6.45, 7) is 7.35. The van der Waals surface area contributed by atoms with Crippen molar-refractivity contribution < 1.29 is 23.5 Å². The highest BCUT2D eigenvalue weighted by molar-refractivity contribution is 5.89. The molecule has 8 heteroatoms. The molecule has 168 valence electrons. The molecule has 0 radical (unpaired) electrons. The van der Waals surface area contributed by atoms with E-state index in [-0.39, 0.29) is 18.5 Å². The molecule has 0 fully saturated rings. The van der Waals surface area contributed by atoms with Crippen LogP contribution in [0.15, 0.2) is 42.5 Å². The SMILES string of the molecule is CCC(CC)NC(=O)Nc1ccc(Oc2ccc(CC(C)(C)OC(N)=O)c(F)c2)cc1. The Kier molecular flexibility index (Phi) is 8.24. The fourth-order valence-corrected chi connectivity index (χ4v) is 3.09. The zero-order valence-electron chi connectivity index (χ0n) is 18.3. The third-order valence-corrected chi connectivity index (χ3v) is 4.69. The molecule has 2 aromatic rings. The van der Waals surface area contributed by atoms with Crippen LogP contribution in [0.25, 0.3) is 0 Å². The lowest BCUT2D eigenvalue weighted by molar-refractivity contribution is 0.0454. The maximum atomic E-state index is 14.5. The summed E-state index contributed by atoms with van der Waals surface area (Å²) >= 11 is 0. The first-order valence-corrected chi connectivity index (χ1v) is 10.2. The van der Waals surface area contributed by atoms with Crippen LogP contribution in [0.3, 0.4) is 0 Å². The molecule has 0 unspecified atom stereocenters. The quantitative estimate of drug-likeness (QED) is 0.498. The third kappa shape index (κ3) is 7.81. The lowest BCUT2D eigenvalue weighted by atomic mass is 9.98. The number of urea groups is 1. The molecule has 7 nitrogen and oxygen atoms in total. The number of halogens is 1. The number of nitrogens with two attached hydrogens (primary N) is 1. The lowest BCUT2D eigenvalue weighted by Gasteiger charge is -2.24. The van der Waals surface area contributed by atoms with Crippen LogP contribution < -0.4 is 21.1 Å². The van der Waals surface area contributed by atoms with Crippen molar-refractivity contribution >= 4 is 17.8 Å². The molecule has 2 rings (SSSR count). The second kappa shape index (κ2) is 10.7. The molecule has 3 amide bonds. The number of nitrogens with one attached hydrogen (secondary N) is 2. The molecule has 0 aliphatic carbocycles. The molecule has 0 bridgehead atoms. The number of benzene rings is 2. The molecular formula is C23H30FN3O4. The molecule has 0 aliphatic heterocycles. The molecule has 2 aromatic carbocycles. The van der Waals surface area contributed by atoms with E-state index >= 15 is 0 Å². The van der Waals surface area contributed by atoms with E-state index < -0.39 is 17.5 Å². The van der Waals surface area contributed by atoms with E-state index in [1.54, 1.807) is 50.2 Å². The van der Waals surface area contributed by atoms with E-state index in [9.17, 15) is 14.0 Å². The van der Waals surface area contributed by atoms with Gasteiger partial charge in [0, 0.05) is 24.2 Å². The normalized spacial score (nSPS) is 11.2. The zero-order chi connectivity index (χ0) is 23.0. The number of anilines is 1. The highest BCUT2D eigenvalue weighted by Gasteiger charge is 2.24. The molecule has 0 spiro atoms. The summed E-state index contributed by atoms with van der Waals surface area (Å²) < 4.78 is 25.2. The van der Waals surface area contributed by atoms with E-state index in [0.717, 1.165) is 12.8 Å². The van der Waals surface area contributed by atoms with Crippen molar-refractivity contribution in [2.75, 3.05) is 5.32 Å². The number of ether oxygens (including phenoxy) is 2. The second-order valence-electron chi connectivity index (χ2n) is 7.85. The van der Waals surface area contributed by atoms with Crippen LogP contribution in [0.1, 0.15) is 46.1 Å². The summed E-state index contributed by atoms with van der Waals surface area (Å²) in [5.74, 6) is 0.340. The smallest absolute Gasteiger partial charge is 0.405 e. The van der Waals surface area contributed by atoms with Crippen molar-refractivity contribution in [3.63, 3.8) is 0 Å². The van der Waals surface area contributed by atoms with Gasteiger partial charge in [0.2, 0.25) is 0 Å². The number of carbonyl (C=O) groups excluding carboxylic acids is 2. The van der Waals surface area contributed by atoms with Gasteiger partial charge >= 0.3 is 12.1 Å².